The Kier molecular flexibility index (Phi) is 4.12. The van der Waals surface area contributed by atoms with Crippen molar-refractivity contribution in [2.24, 2.45) is 5.92 Å². The lowest BCUT2D eigenvalue weighted by atomic mass is 10.1. The molecule has 1 fully saturated rings. The maximum atomic E-state index is 12.9. The summed E-state index contributed by atoms with van der Waals surface area (Å²) in [5, 5.41) is 6.16. The first-order chi connectivity index (χ1) is 11.8. The number of hydrogen-bond donors (Lipinski definition) is 1. The summed E-state index contributed by atoms with van der Waals surface area (Å²) in [7, 11) is 1.63. The molecule has 2 heterocycles. The van der Waals surface area contributed by atoms with E-state index in [1.807, 2.05) is 30.3 Å². The number of ether oxygens (including phenoxy) is 1. The minimum absolute atomic E-state index is 0.0705. The van der Waals surface area contributed by atoms with E-state index in [-0.39, 0.29) is 11.9 Å². The zero-order chi connectivity index (χ0) is 16.5. The Bertz CT molecular complexity index is 849. The number of benzene rings is 1. The first-order valence-electron chi connectivity index (χ1n) is 8.11. The minimum atomic E-state index is -0.163. The van der Waals surface area contributed by atoms with E-state index in [9.17, 15) is 4.79 Å². The number of hydrogen-bond acceptors (Lipinski definition) is 4. The summed E-state index contributed by atoms with van der Waals surface area (Å²) in [4.78, 5) is 14.1. The van der Waals surface area contributed by atoms with Crippen LogP contribution in [0.5, 0.6) is 0 Å². The van der Waals surface area contributed by atoms with Crippen LogP contribution >= 0.6 is 11.3 Å². The maximum Gasteiger partial charge on any atom is 0.287 e. The smallest absolute Gasteiger partial charge is 0.287 e. The molecule has 0 radical (unpaired) electrons. The van der Waals surface area contributed by atoms with Gasteiger partial charge in [0.15, 0.2) is 5.76 Å². The van der Waals surface area contributed by atoms with Gasteiger partial charge >= 0.3 is 0 Å². The zero-order valence-electron chi connectivity index (χ0n) is 13.5. The standard InChI is InChI=1S/C19H19NO3S/c1-22-11-14-13-5-2-3-6-15(13)23-18(14)19(21)20-17(12-8-9-12)16-7-4-10-24-16/h2-7,10,12,17H,8-9,11H2,1H3,(H,20,21)/t17-/m1/s1. The number of rotatable bonds is 6. The predicted molar refractivity (Wildman–Crippen MR) is 94.2 cm³/mol. The summed E-state index contributed by atoms with van der Waals surface area (Å²) < 4.78 is 11.1. The van der Waals surface area contributed by atoms with E-state index >= 15 is 0 Å². The molecule has 124 valence electrons. The highest BCUT2D eigenvalue weighted by Crippen LogP contribution is 2.42. The summed E-state index contributed by atoms with van der Waals surface area (Å²) in [5.74, 6) is 0.728. The van der Waals surface area contributed by atoms with Gasteiger partial charge in [0.1, 0.15) is 5.58 Å². The topological polar surface area (TPSA) is 51.5 Å². The summed E-state index contributed by atoms with van der Waals surface area (Å²) in [6, 6.07) is 11.9. The quantitative estimate of drug-likeness (QED) is 0.717. The zero-order valence-corrected chi connectivity index (χ0v) is 14.3. The molecule has 1 atom stereocenters. The first kappa shape index (κ1) is 15.4. The number of carbonyl (C=O) groups is 1. The van der Waals surface area contributed by atoms with Gasteiger partial charge in [-0.3, -0.25) is 4.79 Å². The van der Waals surface area contributed by atoms with E-state index < -0.39 is 0 Å². The number of carbonyl (C=O) groups excluding carboxylic acids is 1. The van der Waals surface area contributed by atoms with Crippen molar-refractivity contribution >= 4 is 28.2 Å². The van der Waals surface area contributed by atoms with Crippen LogP contribution in [0.3, 0.4) is 0 Å². The van der Waals surface area contributed by atoms with Gasteiger partial charge in [-0.05, 0) is 36.3 Å². The lowest BCUT2D eigenvalue weighted by Gasteiger charge is -2.16. The van der Waals surface area contributed by atoms with Gasteiger partial charge in [0.2, 0.25) is 0 Å². The van der Waals surface area contributed by atoms with Crippen LogP contribution in [0, 0.1) is 5.92 Å². The van der Waals surface area contributed by atoms with Crippen molar-refractivity contribution in [2.75, 3.05) is 7.11 Å². The van der Waals surface area contributed by atoms with E-state index in [1.165, 1.54) is 4.88 Å². The predicted octanol–water partition coefficient (Wildman–Crippen LogP) is 4.52. The number of fused-ring (bicyclic) bond motifs is 1. The fourth-order valence-corrected chi connectivity index (χ4v) is 3.97. The first-order valence-corrected chi connectivity index (χ1v) is 8.99. The summed E-state index contributed by atoms with van der Waals surface area (Å²) in [6.45, 7) is 0.354. The van der Waals surface area contributed by atoms with E-state index in [4.69, 9.17) is 9.15 Å². The molecule has 24 heavy (non-hydrogen) atoms. The van der Waals surface area contributed by atoms with Gasteiger partial charge < -0.3 is 14.5 Å². The van der Waals surface area contributed by atoms with Crippen LogP contribution in [-0.4, -0.2) is 13.0 Å². The second-order valence-electron chi connectivity index (χ2n) is 6.14. The van der Waals surface area contributed by atoms with E-state index in [0.29, 0.717) is 23.9 Å². The molecule has 0 spiro atoms. The third kappa shape index (κ3) is 2.85. The number of methoxy groups -OCH3 is 1. The van der Waals surface area contributed by atoms with Crippen LogP contribution in [-0.2, 0) is 11.3 Å². The monoisotopic (exact) mass is 341 g/mol. The van der Waals surface area contributed by atoms with Crippen molar-refractivity contribution < 1.29 is 13.9 Å². The second-order valence-corrected chi connectivity index (χ2v) is 7.12. The lowest BCUT2D eigenvalue weighted by molar-refractivity contribution is 0.0900. The average Bonchev–Trinajstić information content (AvgIpc) is 3.16. The molecule has 0 saturated heterocycles. The van der Waals surface area contributed by atoms with Gasteiger partial charge in [0.05, 0.1) is 12.6 Å². The lowest BCUT2D eigenvalue weighted by Crippen LogP contribution is -2.29. The molecule has 1 aromatic carbocycles. The fraction of sp³-hybridized carbons (Fsp3) is 0.316. The van der Waals surface area contributed by atoms with Crippen LogP contribution in [0.2, 0.25) is 0 Å². The third-order valence-electron chi connectivity index (χ3n) is 4.42. The molecule has 1 saturated carbocycles. The van der Waals surface area contributed by atoms with Crippen molar-refractivity contribution in [1.29, 1.82) is 0 Å². The summed E-state index contributed by atoms with van der Waals surface area (Å²) >= 11 is 1.69. The Morgan fingerprint density at radius 2 is 2.17 bits per heavy atom. The molecule has 4 rings (SSSR count). The summed E-state index contributed by atoms with van der Waals surface area (Å²) in [6.07, 6.45) is 2.32. The Balaban J connectivity index is 1.66. The van der Waals surface area contributed by atoms with Gasteiger partial charge in [0.25, 0.3) is 5.91 Å². The molecule has 1 N–H and O–H groups in total. The van der Waals surface area contributed by atoms with Gasteiger partial charge in [-0.25, -0.2) is 0 Å². The van der Waals surface area contributed by atoms with Crippen molar-refractivity contribution in [3.63, 3.8) is 0 Å². The highest BCUT2D eigenvalue weighted by Gasteiger charge is 2.35. The number of furan rings is 1. The average molecular weight is 341 g/mol. The molecule has 1 aliphatic carbocycles. The van der Waals surface area contributed by atoms with Crippen molar-refractivity contribution in [2.45, 2.75) is 25.5 Å². The van der Waals surface area contributed by atoms with Gasteiger partial charge in [-0.1, -0.05) is 24.3 Å². The molecule has 5 heteroatoms. The molecule has 1 amide bonds. The second kappa shape index (κ2) is 6.42. The molecule has 0 unspecified atom stereocenters. The maximum absolute atomic E-state index is 12.9. The molecule has 2 aromatic heterocycles. The summed E-state index contributed by atoms with van der Waals surface area (Å²) in [5.41, 5.74) is 1.53. The Morgan fingerprint density at radius 1 is 1.33 bits per heavy atom. The number of thiophene rings is 1. The van der Waals surface area contributed by atoms with E-state index in [0.717, 1.165) is 23.8 Å². The minimum Gasteiger partial charge on any atom is -0.451 e. The van der Waals surface area contributed by atoms with Crippen molar-refractivity contribution in [3.8, 4) is 0 Å². The molecule has 1 aliphatic rings. The van der Waals surface area contributed by atoms with Gasteiger partial charge in [-0.15, -0.1) is 11.3 Å². The fourth-order valence-electron chi connectivity index (χ4n) is 3.10. The van der Waals surface area contributed by atoms with Crippen LogP contribution in [0.1, 0.15) is 39.9 Å². The highest BCUT2D eigenvalue weighted by atomic mass is 32.1. The van der Waals surface area contributed by atoms with E-state index in [1.54, 1.807) is 18.4 Å². The van der Waals surface area contributed by atoms with Gasteiger partial charge in [-0.2, -0.15) is 0 Å². The molecule has 0 aliphatic heterocycles. The molecular formula is C19H19NO3S. The normalized spacial score (nSPS) is 15.5. The van der Waals surface area contributed by atoms with E-state index in [2.05, 4.69) is 16.8 Å². The largest absolute Gasteiger partial charge is 0.451 e. The Hall–Kier alpha value is -2.11. The van der Waals surface area contributed by atoms with Crippen LogP contribution in [0.25, 0.3) is 11.0 Å². The highest BCUT2D eigenvalue weighted by molar-refractivity contribution is 7.10. The number of amides is 1. The van der Waals surface area contributed by atoms with Crippen LogP contribution < -0.4 is 5.32 Å². The van der Waals surface area contributed by atoms with Crippen molar-refractivity contribution in [1.82, 2.24) is 5.32 Å². The Morgan fingerprint density at radius 3 is 2.88 bits per heavy atom. The van der Waals surface area contributed by atoms with Crippen molar-refractivity contribution in [3.05, 3.63) is 58.0 Å². The third-order valence-corrected chi connectivity index (χ3v) is 5.38. The molecular weight excluding hydrogens is 322 g/mol. The Labute approximate surface area is 144 Å². The molecule has 0 bridgehead atoms. The number of para-hydroxylation sites is 1. The van der Waals surface area contributed by atoms with Crippen LogP contribution in [0.15, 0.2) is 46.2 Å². The SMILES string of the molecule is COCc1c(C(=O)N[C@@H](c2cccs2)C2CC2)oc2ccccc12. The van der Waals surface area contributed by atoms with Gasteiger partial charge in [0, 0.05) is 22.9 Å². The molecule has 3 aromatic rings. The van der Waals surface area contributed by atoms with Crippen LogP contribution in [0.4, 0.5) is 0 Å². The molecule has 4 nitrogen and oxygen atoms in total. The number of nitrogens with one attached hydrogen (secondary N) is 1.